The Morgan fingerprint density at radius 3 is 2.43 bits per heavy atom. The minimum absolute atomic E-state index is 0.224. The average Bonchev–Trinajstić information content (AvgIpc) is 3.26. The van der Waals surface area contributed by atoms with Crippen LogP contribution in [0.5, 0.6) is 0 Å². The van der Waals surface area contributed by atoms with Gasteiger partial charge >= 0.3 is 5.97 Å². The lowest BCUT2D eigenvalue weighted by molar-refractivity contribution is 0.0526. The normalized spacial score (nSPS) is 14.6. The lowest BCUT2D eigenvalue weighted by Gasteiger charge is -2.32. The molecule has 4 aromatic rings. The molecule has 2 heterocycles. The van der Waals surface area contributed by atoms with E-state index >= 15 is 0 Å². The van der Waals surface area contributed by atoms with E-state index in [1.165, 1.54) is 17.7 Å². The lowest BCUT2D eigenvalue weighted by atomic mass is 10.0. The van der Waals surface area contributed by atoms with Crippen molar-refractivity contribution in [2.75, 3.05) is 31.6 Å². The van der Waals surface area contributed by atoms with E-state index in [0.29, 0.717) is 24.8 Å². The molecule has 0 spiro atoms. The number of rotatable bonds is 9. The number of halogens is 1. The first-order valence-corrected chi connectivity index (χ1v) is 13.0. The maximum Gasteiger partial charge on any atom is 0.338 e. The van der Waals surface area contributed by atoms with Crippen molar-refractivity contribution in [3.05, 3.63) is 95.3 Å². The molecule has 1 aliphatic heterocycles. The number of hydrogen-bond acceptors (Lipinski definition) is 5. The van der Waals surface area contributed by atoms with E-state index < -0.39 is 0 Å². The Hall–Kier alpha value is -3.71. The van der Waals surface area contributed by atoms with E-state index in [1.807, 2.05) is 61.5 Å². The van der Waals surface area contributed by atoms with Crippen LogP contribution in [0.4, 0.5) is 10.3 Å². The van der Waals surface area contributed by atoms with E-state index in [2.05, 4.69) is 20.9 Å². The fraction of sp³-hybridized carbons (Fsp3) is 0.333. The van der Waals surface area contributed by atoms with Gasteiger partial charge in [0.05, 0.1) is 29.7 Å². The summed E-state index contributed by atoms with van der Waals surface area (Å²) in [6.45, 7) is 5.88. The number of aromatic nitrogens is 2. The molecule has 0 atom stereocenters. The SMILES string of the molecule is CCOC(=O)c1ccc(CCN2CCC(Nc3nc4ccccc4n3Cc3ccc(F)cc3)CC2)cc1. The third-order valence-electron chi connectivity index (χ3n) is 7.01. The second-order valence-electron chi connectivity index (χ2n) is 9.56. The first-order chi connectivity index (χ1) is 18.1. The Labute approximate surface area is 217 Å². The summed E-state index contributed by atoms with van der Waals surface area (Å²) < 4.78 is 20.7. The van der Waals surface area contributed by atoms with E-state index in [9.17, 15) is 9.18 Å². The second kappa shape index (κ2) is 11.6. The van der Waals surface area contributed by atoms with Crippen molar-refractivity contribution in [3.63, 3.8) is 0 Å². The standard InChI is InChI=1S/C30H33FN4O2/c1-2-37-29(36)24-11-7-22(8-12-24)15-18-34-19-16-26(17-20-34)32-30-33-27-5-3-4-6-28(27)35(30)21-23-9-13-25(31)14-10-23/h3-14,26H,2,15-21H2,1H3,(H,32,33). The molecule has 6 nitrogen and oxygen atoms in total. The van der Waals surface area contributed by atoms with Crippen LogP contribution in [-0.4, -0.2) is 52.7 Å². The summed E-state index contributed by atoms with van der Waals surface area (Å²) in [7, 11) is 0. The van der Waals surface area contributed by atoms with Crippen LogP contribution in [0.2, 0.25) is 0 Å². The van der Waals surface area contributed by atoms with Gasteiger partial charge in [-0.2, -0.15) is 0 Å². The van der Waals surface area contributed by atoms with Gasteiger partial charge in [-0.15, -0.1) is 0 Å². The number of hydrogen-bond donors (Lipinski definition) is 1. The number of para-hydroxylation sites is 2. The molecule has 3 aromatic carbocycles. The zero-order valence-corrected chi connectivity index (χ0v) is 21.2. The van der Waals surface area contributed by atoms with Gasteiger partial charge in [-0.1, -0.05) is 36.4 Å². The molecule has 1 aromatic heterocycles. The molecule has 192 valence electrons. The number of piperidine rings is 1. The maximum absolute atomic E-state index is 13.4. The number of anilines is 1. The highest BCUT2D eigenvalue weighted by Gasteiger charge is 2.21. The molecule has 0 bridgehead atoms. The molecular weight excluding hydrogens is 467 g/mol. The van der Waals surface area contributed by atoms with Gasteiger partial charge in [0.1, 0.15) is 5.82 Å². The van der Waals surface area contributed by atoms with Gasteiger partial charge in [0.15, 0.2) is 0 Å². The third-order valence-corrected chi connectivity index (χ3v) is 7.01. The summed E-state index contributed by atoms with van der Waals surface area (Å²) in [5, 5.41) is 3.70. The summed E-state index contributed by atoms with van der Waals surface area (Å²) >= 11 is 0. The van der Waals surface area contributed by atoms with Crippen molar-refractivity contribution < 1.29 is 13.9 Å². The average molecular weight is 501 g/mol. The molecule has 5 rings (SSSR count). The van der Waals surface area contributed by atoms with E-state index in [0.717, 1.165) is 61.4 Å². The minimum Gasteiger partial charge on any atom is -0.462 e. The van der Waals surface area contributed by atoms with Crippen LogP contribution in [-0.2, 0) is 17.7 Å². The summed E-state index contributed by atoms with van der Waals surface area (Å²) in [5.74, 6) is 0.374. The summed E-state index contributed by atoms with van der Waals surface area (Å²) in [6, 6.07) is 22.9. The topological polar surface area (TPSA) is 59.4 Å². The number of carbonyl (C=O) groups excluding carboxylic acids is 1. The predicted octanol–water partition coefficient (Wildman–Crippen LogP) is 5.52. The van der Waals surface area contributed by atoms with E-state index in [-0.39, 0.29) is 11.8 Å². The van der Waals surface area contributed by atoms with Crippen molar-refractivity contribution in [2.45, 2.75) is 38.8 Å². The Balaban J connectivity index is 1.17. The number of carbonyl (C=O) groups is 1. The van der Waals surface area contributed by atoms with Gasteiger partial charge < -0.3 is 19.5 Å². The van der Waals surface area contributed by atoms with Gasteiger partial charge in [0, 0.05) is 25.7 Å². The molecule has 0 radical (unpaired) electrons. The highest BCUT2D eigenvalue weighted by molar-refractivity contribution is 5.89. The number of nitrogens with zero attached hydrogens (tertiary/aromatic N) is 3. The molecule has 0 saturated carbocycles. The van der Waals surface area contributed by atoms with Gasteiger partial charge in [0.25, 0.3) is 0 Å². The van der Waals surface area contributed by atoms with Crippen LogP contribution in [0.25, 0.3) is 11.0 Å². The smallest absolute Gasteiger partial charge is 0.338 e. The molecule has 1 saturated heterocycles. The summed E-state index contributed by atoms with van der Waals surface area (Å²) in [5.41, 5.74) is 4.89. The maximum atomic E-state index is 13.4. The first-order valence-electron chi connectivity index (χ1n) is 13.0. The number of esters is 1. The number of nitrogens with one attached hydrogen (secondary N) is 1. The Morgan fingerprint density at radius 2 is 1.70 bits per heavy atom. The molecular formula is C30H33FN4O2. The van der Waals surface area contributed by atoms with Crippen LogP contribution in [0.1, 0.15) is 41.3 Å². The zero-order chi connectivity index (χ0) is 25.6. The number of ether oxygens (including phenoxy) is 1. The van der Waals surface area contributed by atoms with Gasteiger partial charge in [-0.05, 0) is 73.7 Å². The molecule has 1 fully saturated rings. The first kappa shape index (κ1) is 25.0. The fourth-order valence-corrected chi connectivity index (χ4v) is 4.91. The van der Waals surface area contributed by atoms with Gasteiger partial charge in [-0.3, -0.25) is 0 Å². The lowest BCUT2D eigenvalue weighted by Crippen LogP contribution is -2.40. The fourth-order valence-electron chi connectivity index (χ4n) is 4.91. The van der Waals surface area contributed by atoms with Crippen LogP contribution in [0.15, 0.2) is 72.8 Å². The minimum atomic E-state index is -0.269. The highest BCUT2D eigenvalue weighted by Crippen LogP contribution is 2.24. The van der Waals surface area contributed by atoms with Crippen LogP contribution in [0, 0.1) is 5.82 Å². The Bertz CT molecular complexity index is 1330. The third kappa shape index (κ3) is 6.17. The number of likely N-dealkylation sites (tertiary alicyclic amines) is 1. The quantitative estimate of drug-likeness (QED) is 0.307. The number of imidazole rings is 1. The molecule has 1 N–H and O–H groups in total. The van der Waals surface area contributed by atoms with Crippen molar-refractivity contribution in [1.29, 1.82) is 0 Å². The van der Waals surface area contributed by atoms with Crippen LogP contribution in [0.3, 0.4) is 0 Å². The molecule has 0 unspecified atom stereocenters. The van der Waals surface area contributed by atoms with E-state index in [4.69, 9.17) is 9.72 Å². The summed E-state index contributed by atoms with van der Waals surface area (Å²) in [4.78, 5) is 19.2. The van der Waals surface area contributed by atoms with Crippen molar-refractivity contribution in [2.24, 2.45) is 0 Å². The molecule has 0 amide bonds. The Morgan fingerprint density at radius 1 is 1.00 bits per heavy atom. The number of fused-ring (bicyclic) bond motifs is 1. The largest absolute Gasteiger partial charge is 0.462 e. The predicted molar refractivity (Wildman–Crippen MR) is 144 cm³/mol. The van der Waals surface area contributed by atoms with Gasteiger partial charge in [-0.25, -0.2) is 14.2 Å². The zero-order valence-electron chi connectivity index (χ0n) is 21.2. The Kier molecular flexibility index (Phi) is 7.80. The molecule has 7 heteroatoms. The molecule has 1 aliphatic rings. The summed E-state index contributed by atoms with van der Waals surface area (Å²) in [6.07, 6.45) is 3.04. The highest BCUT2D eigenvalue weighted by atomic mass is 19.1. The second-order valence-corrected chi connectivity index (χ2v) is 9.56. The monoisotopic (exact) mass is 500 g/mol. The van der Waals surface area contributed by atoms with E-state index in [1.54, 1.807) is 0 Å². The van der Waals surface area contributed by atoms with Crippen LogP contribution < -0.4 is 5.32 Å². The molecule has 0 aliphatic carbocycles. The number of benzene rings is 3. The van der Waals surface area contributed by atoms with Crippen molar-refractivity contribution >= 4 is 23.0 Å². The van der Waals surface area contributed by atoms with Crippen molar-refractivity contribution in [3.8, 4) is 0 Å². The molecule has 37 heavy (non-hydrogen) atoms. The van der Waals surface area contributed by atoms with Crippen molar-refractivity contribution in [1.82, 2.24) is 14.5 Å². The van der Waals surface area contributed by atoms with Gasteiger partial charge in [0.2, 0.25) is 5.95 Å². The van der Waals surface area contributed by atoms with Crippen LogP contribution >= 0.6 is 0 Å².